The molecule has 2 fully saturated rings. The van der Waals surface area contributed by atoms with Crippen LogP contribution in [0, 0.1) is 12.3 Å². The number of nitrogens with zero attached hydrogens (tertiary/aromatic N) is 4. The van der Waals surface area contributed by atoms with E-state index in [0.717, 1.165) is 24.3 Å². The topological polar surface area (TPSA) is 66.4 Å². The highest BCUT2D eigenvalue weighted by molar-refractivity contribution is 6.00. The molecule has 1 aromatic heterocycles. The van der Waals surface area contributed by atoms with Gasteiger partial charge in [0.1, 0.15) is 5.69 Å². The van der Waals surface area contributed by atoms with Crippen molar-refractivity contribution in [3.05, 3.63) is 54.1 Å². The van der Waals surface area contributed by atoms with Gasteiger partial charge < -0.3 is 9.80 Å². The molecule has 26 heavy (non-hydrogen) atoms. The molecular formula is C20H22N4O2. The van der Waals surface area contributed by atoms with Gasteiger partial charge in [-0.3, -0.25) is 14.6 Å². The number of amides is 2. The molecular weight excluding hydrogens is 328 g/mol. The Labute approximate surface area is 152 Å². The van der Waals surface area contributed by atoms with Crippen molar-refractivity contribution in [1.82, 2.24) is 14.9 Å². The number of hydrogen-bond donors (Lipinski definition) is 0. The van der Waals surface area contributed by atoms with Gasteiger partial charge in [-0.25, -0.2) is 4.98 Å². The molecule has 0 radical (unpaired) electrons. The predicted molar refractivity (Wildman–Crippen MR) is 97.8 cm³/mol. The first-order chi connectivity index (χ1) is 12.6. The third kappa shape index (κ3) is 2.85. The molecule has 4 rings (SSSR count). The lowest BCUT2D eigenvalue weighted by atomic mass is 9.77. The van der Waals surface area contributed by atoms with Gasteiger partial charge in [-0.1, -0.05) is 18.2 Å². The van der Waals surface area contributed by atoms with Crippen LogP contribution in [0.4, 0.5) is 5.69 Å². The Morgan fingerprint density at radius 1 is 1.00 bits per heavy atom. The lowest BCUT2D eigenvalue weighted by molar-refractivity contribution is -0.127. The standard InChI is InChI=1S/C20H22N4O2/c1-15-13-22-17(14-21-15)18(25)23-10-7-20(8-11-23)9-12-24(19(20)26)16-5-3-2-4-6-16/h2-6,13-14H,7-12H2,1H3. The van der Waals surface area contributed by atoms with Crippen molar-refractivity contribution in [3.8, 4) is 0 Å². The smallest absolute Gasteiger partial charge is 0.274 e. The van der Waals surface area contributed by atoms with Crippen LogP contribution in [0.15, 0.2) is 42.7 Å². The number of benzene rings is 1. The second-order valence-electron chi connectivity index (χ2n) is 7.16. The summed E-state index contributed by atoms with van der Waals surface area (Å²) in [4.78, 5) is 37.7. The van der Waals surface area contributed by atoms with Crippen LogP contribution in [0.25, 0.3) is 0 Å². The predicted octanol–water partition coefficient (Wildman–Crippen LogP) is 2.44. The number of likely N-dealkylation sites (tertiary alicyclic amines) is 1. The Bertz CT molecular complexity index is 811. The van der Waals surface area contributed by atoms with Crippen LogP contribution in [0.2, 0.25) is 0 Å². The lowest BCUT2D eigenvalue weighted by Gasteiger charge is -2.37. The lowest BCUT2D eigenvalue weighted by Crippen LogP contribution is -2.46. The van der Waals surface area contributed by atoms with E-state index in [2.05, 4.69) is 9.97 Å². The molecule has 0 aliphatic carbocycles. The maximum absolute atomic E-state index is 13.1. The summed E-state index contributed by atoms with van der Waals surface area (Å²) in [6.07, 6.45) is 5.41. The SMILES string of the molecule is Cc1cnc(C(=O)N2CCC3(CC2)CCN(c2ccccc2)C3=O)cn1. The van der Waals surface area contributed by atoms with Crippen molar-refractivity contribution in [2.75, 3.05) is 24.5 Å². The van der Waals surface area contributed by atoms with Crippen molar-refractivity contribution in [2.45, 2.75) is 26.2 Å². The van der Waals surface area contributed by atoms with Gasteiger partial charge in [-0.15, -0.1) is 0 Å². The fraction of sp³-hybridized carbons (Fsp3) is 0.400. The molecule has 2 aliphatic heterocycles. The van der Waals surface area contributed by atoms with Crippen molar-refractivity contribution < 1.29 is 9.59 Å². The van der Waals surface area contributed by atoms with Gasteiger partial charge in [0.05, 0.1) is 17.3 Å². The Balaban J connectivity index is 1.44. The molecule has 2 aliphatic rings. The minimum atomic E-state index is -0.328. The van der Waals surface area contributed by atoms with E-state index in [1.165, 1.54) is 6.20 Å². The van der Waals surface area contributed by atoms with Gasteiger partial charge in [-0.2, -0.15) is 0 Å². The van der Waals surface area contributed by atoms with E-state index in [1.54, 1.807) is 11.1 Å². The highest BCUT2D eigenvalue weighted by Gasteiger charge is 2.49. The molecule has 2 amide bonds. The summed E-state index contributed by atoms with van der Waals surface area (Å²) in [5, 5.41) is 0. The van der Waals surface area contributed by atoms with Crippen LogP contribution < -0.4 is 4.90 Å². The number of hydrogen-bond acceptors (Lipinski definition) is 4. The number of aromatic nitrogens is 2. The summed E-state index contributed by atoms with van der Waals surface area (Å²) < 4.78 is 0. The molecule has 6 heteroatoms. The van der Waals surface area contributed by atoms with Gasteiger partial charge in [-0.05, 0) is 38.3 Å². The molecule has 0 bridgehead atoms. The molecule has 6 nitrogen and oxygen atoms in total. The first kappa shape index (κ1) is 16.7. The summed E-state index contributed by atoms with van der Waals surface area (Å²) >= 11 is 0. The molecule has 0 N–H and O–H groups in total. The number of carbonyl (C=O) groups is 2. The fourth-order valence-corrected chi connectivity index (χ4v) is 3.94. The zero-order valence-corrected chi connectivity index (χ0v) is 14.9. The Kier molecular flexibility index (Phi) is 4.18. The zero-order chi connectivity index (χ0) is 18.1. The summed E-state index contributed by atoms with van der Waals surface area (Å²) in [5.41, 5.74) is 1.79. The van der Waals surface area contributed by atoms with Crippen LogP contribution in [0.3, 0.4) is 0 Å². The molecule has 3 heterocycles. The van der Waals surface area contributed by atoms with Crippen LogP contribution >= 0.6 is 0 Å². The number of piperidine rings is 1. The van der Waals surface area contributed by atoms with Gasteiger partial charge >= 0.3 is 0 Å². The Morgan fingerprint density at radius 3 is 2.35 bits per heavy atom. The van der Waals surface area contributed by atoms with Gasteiger partial charge in [0, 0.05) is 31.5 Å². The first-order valence-electron chi connectivity index (χ1n) is 9.04. The molecule has 1 aromatic carbocycles. The van der Waals surface area contributed by atoms with E-state index in [1.807, 2.05) is 42.2 Å². The average Bonchev–Trinajstić information content (AvgIpc) is 2.99. The van der Waals surface area contributed by atoms with E-state index < -0.39 is 0 Å². The van der Waals surface area contributed by atoms with E-state index in [4.69, 9.17) is 0 Å². The van der Waals surface area contributed by atoms with Gasteiger partial charge in [0.25, 0.3) is 5.91 Å². The van der Waals surface area contributed by atoms with Crippen LogP contribution in [-0.4, -0.2) is 46.3 Å². The van der Waals surface area contributed by atoms with E-state index in [-0.39, 0.29) is 17.2 Å². The normalized spacial score (nSPS) is 19.2. The van der Waals surface area contributed by atoms with Crippen molar-refractivity contribution in [1.29, 1.82) is 0 Å². The van der Waals surface area contributed by atoms with Crippen LogP contribution in [0.1, 0.15) is 35.4 Å². The second kappa shape index (κ2) is 6.52. The molecule has 134 valence electrons. The number of para-hydroxylation sites is 1. The first-order valence-corrected chi connectivity index (χ1v) is 9.04. The third-order valence-electron chi connectivity index (χ3n) is 5.59. The minimum Gasteiger partial charge on any atom is -0.337 e. The quantitative estimate of drug-likeness (QED) is 0.834. The number of aryl methyl sites for hydroxylation is 1. The maximum Gasteiger partial charge on any atom is 0.274 e. The van der Waals surface area contributed by atoms with Crippen LogP contribution in [-0.2, 0) is 4.79 Å². The summed E-state index contributed by atoms with van der Waals surface area (Å²) in [6.45, 7) is 3.77. The molecule has 0 atom stereocenters. The monoisotopic (exact) mass is 350 g/mol. The summed E-state index contributed by atoms with van der Waals surface area (Å²) in [6, 6.07) is 9.82. The molecule has 1 spiro atoms. The van der Waals surface area contributed by atoms with Gasteiger partial charge in [0.2, 0.25) is 5.91 Å². The largest absolute Gasteiger partial charge is 0.337 e. The summed E-state index contributed by atoms with van der Waals surface area (Å²) in [5.74, 6) is 0.101. The maximum atomic E-state index is 13.1. The highest BCUT2D eigenvalue weighted by atomic mass is 16.2. The number of rotatable bonds is 2. The number of anilines is 1. The minimum absolute atomic E-state index is 0.0993. The number of carbonyl (C=O) groups excluding carboxylic acids is 2. The van der Waals surface area contributed by atoms with Crippen molar-refractivity contribution in [3.63, 3.8) is 0 Å². The second-order valence-corrected chi connectivity index (χ2v) is 7.16. The Hall–Kier alpha value is -2.76. The zero-order valence-electron chi connectivity index (χ0n) is 14.9. The van der Waals surface area contributed by atoms with Crippen LogP contribution in [0.5, 0.6) is 0 Å². The summed E-state index contributed by atoms with van der Waals surface area (Å²) in [7, 11) is 0. The van der Waals surface area contributed by atoms with E-state index in [0.29, 0.717) is 31.6 Å². The fourth-order valence-electron chi connectivity index (χ4n) is 3.94. The highest BCUT2D eigenvalue weighted by Crippen LogP contribution is 2.43. The van der Waals surface area contributed by atoms with E-state index >= 15 is 0 Å². The van der Waals surface area contributed by atoms with Crippen molar-refractivity contribution >= 4 is 17.5 Å². The molecule has 2 aromatic rings. The van der Waals surface area contributed by atoms with Gasteiger partial charge in [0.15, 0.2) is 0 Å². The van der Waals surface area contributed by atoms with Crippen molar-refractivity contribution in [2.24, 2.45) is 5.41 Å². The molecule has 0 saturated carbocycles. The average molecular weight is 350 g/mol. The third-order valence-corrected chi connectivity index (χ3v) is 5.59. The molecule has 0 unspecified atom stereocenters. The van der Waals surface area contributed by atoms with E-state index in [9.17, 15) is 9.59 Å². The Morgan fingerprint density at radius 2 is 1.69 bits per heavy atom. The molecule has 2 saturated heterocycles.